The first-order chi connectivity index (χ1) is 11.2. The van der Waals surface area contributed by atoms with Gasteiger partial charge >= 0.3 is 0 Å². The molecule has 1 aromatic rings. The molecule has 3 nitrogen and oxygen atoms in total. The van der Waals surface area contributed by atoms with Gasteiger partial charge in [-0.3, -0.25) is 4.79 Å². The lowest BCUT2D eigenvalue weighted by atomic mass is 9.99. The summed E-state index contributed by atoms with van der Waals surface area (Å²) in [7, 11) is 0. The Balaban J connectivity index is 1.46. The molecule has 0 radical (unpaired) electrons. The fraction of sp³-hybridized carbons (Fsp3) is 0.389. The average Bonchev–Trinajstić information content (AvgIpc) is 3.23. The summed E-state index contributed by atoms with van der Waals surface area (Å²) < 4.78 is 0. The molecule has 1 atom stereocenters. The molecule has 3 N–H and O–H groups in total. The number of carbonyl (C=O) groups is 1. The van der Waals surface area contributed by atoms with Crippen LogP contribution in [-0.2, 0) is 0 Å². The molecule has 23 heavy (non-hydrogen) atoms. The summed E-state index contributed by atoms with van der Waals surface area (Å²) in [4.78, 5) is 14.1. The predicted octanol–water partition coefficient (Wildman–Crippen LogP) is 3.50. The zero-order valence-electron chi connectivity index (χ0n) is 13.1. The van der Waals surface area contributed by atoms with E-state index in [1.54, 1.807) is 0 Å². The zero-order valence-corrected chi connectivity index (χ0v) is 14.7. The molecule has 2 aliphatic rings. The second-order valence-corrected chi connectivity index (χ2v) is 8.14. The van der Waals surface area contributed by atoms with Crippen molar-refractivity contribution in [3.63, 3.8) is 0 Å². The van der Waals surface area contributed by atoms with Crippen LogP contribution in [0.1, 0.15) is 34.7 Å². The number of nitrogens with one attached hydrogen (secondary N) is 1. The number of hydrogen-bond acceptors (Lipinski definition) is 4. The van der Waals surface area contributed by atoms with E-state index in [-0.39, 0.29) is 5.91 Å². The molecule has 0 spiro atoms. The van der Waals surface area contributed by atoms with Gasteiger partial charge in [0.2, 0.25) is 5.91 Å². The Morgan fingerprint density at radius 1 is 1.22 bits per heavy atom. The van der Waals surface area contributed by atoms with Crippen LogP contribution in [-0.4, -0.2) is 30.5 Å². The third-order valence-electron chi connectivity index (χ3n) is 4.08. The van der Waals surface area contributed by atoms with Gasteiger partial charge in [-0.05, 0) is 46.9 Å². The SMILES string of the molecule is NC(=O)c1ccc(C2C=C(CNCCC3=CCCS3)SC2)cc1. The summed E-state index contributed by atoms with van der Waals surface area (Å²) in [6.45, 7) is 2.01. The van der Waals surface area contributed by atoms with Crippen molar-refractivity contribution < 1.29 is 4.79 Å². The van der Waals surface area contributed by atoms with Crippen LogP contribution in [0.5, 0.6) is 0 Å². The number of nitrogens with two attached hydrogens (primary N) is 1. The van der Waals surface area contributed by atoms with Gasteiger partial charge in [0.05, 0.1) is 0 Å². The van der Waals surface area contributed by atoms with E-state index in [1.807, 2.05) is 47.8 Å². The lowest BCUT2D eigenvalue weighted by Crippen LogP contribution is -2.17. The van der Waals surface area contributed by atoms with Crippen molar-refractivity contribution in [3.8, 4) is 0 Å². The zero-order chi connectivity index (χ0) is 16.1. The maximum Gasteiger partial charge on any atom is 0.248 e. The quantitative estimate of drug-likeness (QED) is 0.742. The van der Waals surface area contributed by atoms with Crippen LogP contribution in [0.2, 0.25) is 0 Å². The third kappa shape index (κ3) is 4.66. The number of benzene rings is 1. The Hall–Kier alpha value is -1.17. The van der Waals surface area contributed by atoms with E-state index in [2.05, 4.69) is 17.5 Å². The van der Waals surface area contributed by atoms with E-state index in [9.17, 15) is 4.79 Å². The Labute approximate surface area is 146 Å². The molecule has 1 aromatic carbocycles. The van der Waals surface area contributed by atoms with Crippen molar-refractivity contribution in [1.29, 1.82) is 0 Å². The average molecular weight is 347 g/mol. The van der Waals surface area contributed by atoms with Gasteiger partial charge in [-0.2, -0.15) is 0 Å². The minimum Gasteiger partial charge on any atom is -0.366 e. The highest BCUT2D eigenvalue weighted by atomic mass is 32.2. The van der Waals surface area contributed by atoms with E-state index in [0.717, 1.165) is 25.3 Å². The summed E-state index contributed by atoms with van der Waals surface area (Å²) in [5.74, 6) is 2.40. The van der Waals surface area contributed by atoms with Crippen LogP contribution in [0.15, 0.2) is 46.2 Å². The number of amides is 1. The molecule has 0 fully saturated rings. The summed E-state index contributed by atoms with van der Waals surface area (Å²) in [6.07, 6.45) is 7.10. The van der Waals surface area contributed by atoms with Crippen LogP contribution < -0.4 is 11.1 Å². The minimum absolute atomic E-state index is 0.367. The van der Waals surface area contributed by atoms with Gasteiger partial charge < -0.3 is 11.1 Å². The van der Waals surface area contributed by atoms with Gasteiger partial charge in [0, 0.05) is 29.5 Å². The van der Waals surface area contributed by atoms with Crippen molar-refractivity contribution in [2.45, 2.75) is 18.8 Å². The van der Waals surface area contributed by atoms with Crippen molar-refractivity contribution in [3.05, 3.63) is 57.4 Å². The molecule has 122 valence electrons. The van der Waals surface area contributed by atoms with E-state index in [4.69, 9.17) is 5.73 Å². The lowest BCUT2D eigenvalue weighted by molar-refractivity contribution is 0.100. The standard InChI is InChI=1S/C18H22N2OS2/c19-18(21)14-5-3-13(4-6-14)15-10-17(23-12-15)11-20-8-7-16-2-1-9-22-16/h2-6,10,15,20H,1,7-9,11-12H2,(H2,19,21). The Kier molecular flexibility index (Phi) is 5.86. The normalized spacial score (nSPS) is 20.4. The molecule has 1 amide bonds. The van der Waals surface area contributed by atoms with Crippen LogP contribution in [0, 0.1) is 0 Å². The van der Waals surface area contributed by atoms with E-state index >= 15 is 0 Å². The molecule has 0 bridgehead atoms. The van der Waals surface area contributed by atoms with Gasteiger partial charge in [-0.15, -0.1) is 23.5 Å². The van der Waals surface area contributed by atoms with E-state index in [1.165, 1.54) is 27.5 Å². The van der Waals surface area contributed by atoms with E-state index in [0.29, 0.717) is 11.5 Å². The Bertz CT molecular complexity index is 622. The van der Waals surface area contributed by atoms with Crippen LogP contribution >= 0.6 is 23.5 Å². The Morgan fingerprint density at radius 2 is 2.04 bits per heavy atom. The number of thioether (sulfide) groups is 2. The molecule has 0 aliphatic carbocycles. The molecule has 5 heteroatoms. The first-order valence-electron chi connectivity index (χ1n) is 7.98. The van der Waals surface area contributed by atoms with E-state index < -0.39 is 0 Å². The monoisotopic (exact) mass is 346 g/mol. The molecule has 2 aliphatic heterocycles. The van der Waals surface area contributed by atoms with Gasteiger partial charge in [0.1, 0.15) is 0 Å². The largest absolute Gasteiger partial charge is 0.366 e. The van der Waals surface area contributed by atoms with Gasteiger partial charge in [-0.25, -0.2) is 0 Å². The molecule has 0 aromatic heterocycles. The highest BCUT2D eigenvalue weighted by molar-refractivity contribution is 8.03. The molecule has 2 heterocycles. The summed E-state index contributed by atoms with van der Waals surface area (Å²) in [6, 6.07) is 7.67. The highest BCUT2D eigenvalue weighted by Gasteiger charge is 2.18. The maximum absolute atomic E-state index is 11.1. The third-order valence-corrected chi connectivity index (χ3v) is 6.44. The fourth-order valence-corrected chi connectivity index (χ4v) is 4.91. The topological polar surface area (TPSA) is 55.1 Å². The second kappa shape index (κ2) is 8.08. The summed E-state index contributed by atoms with van der Waals surface area (Å²) >= 11 is 3.92. The molecule has 0 saturated carbocycles. The number of rotatable bonds is 7. The van der Waals surface area contributed by atoms with Crippen LogP contribution in [0.4, 0.5) is 0 Å². The van der Waals surface area contributed by atoms with Gasteiger partial charge in [0.25, 0.3) is 0 Å². The Morgan fingerprint density at radius 3 is 2.74 bits per heavy atom. The first-order valence-corrected chi connectivity index (χ1v) is 9.95. The second-order valence-electron chi connectivity index (χ2n) is 5.77. The molecule has 0 saturated heterocycles. The van der Waals surface area contributed by atoms with Crippen molar-refractivity contribution in [1.82, 2.24) is 5.32 Å². The number of hydrogen-bond donors (Lipinski definition) is 2. The minimum atomic E-state index is -0.367. The molecule has 3 rings (SSSR count). The van der Waals surface area contributed by atoms with Crippen molar-refractivity contribution >= 4 is 29.4 Å². The smallest absolute Gasteiger partial charge is 0.248 e. The van der Waals surface area contributed by atoms with Crippen LogP contribution in [0.3, 0.4) is 0 Å². The van der Waals surface area contributed by atoms with Crippen molar-refractivity contribution in [2.75, 3.05) is 24.6 Å². The lowest BCUT2D eigenvalue weighted by Gasteiger charge is -2.07. The molecular formula is C18H22N2OS2. The number of carbonyl (C=O) groups excluding carboxylic acids is 1. The predicted molar refractivity (Wildman–Crippen MR) is 101 cm³/mol. The maximum atomic E-state index is 11.1. The summed E-state index contributed by atoms with van der Waals surface area (Å²) in [5.41, 5.74) is 7.11. The number of allylic oxidation sites excluding steroid dienone is 2. The summed E-state index contributed by atoms with van der Waals surface area (Å²) in [5, 5.41) is 3.55. The van der Waals surface area contributed by atoms with Gasteiger partial charge in [-0.1, -0.05) is 24.3 Å². The van der Waals surface area contributed by atoms with Gasteiger partial charge in [0.15, 0.2) is 0 Å². The molecule has 1 unspecified atom stereocenters. The van der Waals surface area contributed by atoms with Crippen molar-refractivity contribution in [2.24, 2.45) is 5.73 Å². The highest BCUT2D eigenvalue weighted by Crippen LogP contribution is 2.35. The molecular weight excluding hydrogens is 324 g/mol. The van der Waals surface area contributed by atoms with Crippen LogP contribution in [0.25, 0.3) is 0 Å². The fourth-order valence-electron chi connectivity index (χ4n) is 2.78. The first kappa shape index (κ1) is 16.7. The number of primary amides is 1.